The lowest BCUT2D eigenvalue weighted by Crippen LogP contribution is -2.09. The van der Waals surface area contributed by atoms with E-state index >= 15 is 0 Å². The molecule has 0 fully saturated rings. The third-order valence-electron chi connectivity index (χ3n) is 10.5. The number of hydrogen-bond donors (Lipinski definition) is 0. The number of ether oxygens (including phenoxy) is 1. The maximum atomic E-state index is 6.11. The Hall–Kier alpha value is -7.70. The molecule has 0 unspecified atom stereocenters. The number of hydrogen-bond acceptors (Lipinski definition) is 5. The quantitative estimate of drug-likeness (QED) is 0.148. The van der Waals surface area contributed by atoms with Crippen LogP contribution in [0.4, 0.5) is 34.1 Å². The van der Waals surface area contributed by atoms with E-state index in [9.17, 15) is 0 Å². The van der Waals surface area contributed by atoms with Gasteiger partial charge >= 0.3 is 0 Å². The number of benzene rings is 8. The minimum atomic E-state index is 0.754. The first-order chi connectivity index (χ1) is 28.2. The first-order valence-electron chi connectivity index (χ1n) is 19.0. The number of aromatic nitrogens is 3. The Morgan fingerprint density at radius 3 is 1.37 bits per heavy atom. The molecule has 0 atom stereocenters. The van der Waals surface area contributed by atoms with Crippen LogP contribution in [-0.2, 0) is 0 Å². The van der Waals surface area contributed by atoms with Crippen LogP contribution in [-0.4, -0.2) is 21.6 Å². The first-order valence-corrected chi connectivity index (χ1v) is 19.0. The summed E-state index contributed by atoms with van der Waals surface area (Å²) in [5.74, 6) is 0.754. The molecular weight excluding hydrogens is 699 g/mol. The molecule has 0 N–H and O–H groups in total. The second-order valence-electron chi connectivity index (χ2n) is 13.9. The van der Waals surface area contributed by atoms with E-state index in [4.69, 9.17) is 14.7 Å². The maximum Gasteiger partial charge on any atom is 0.142 e. The van der Waals surface area contributed by atoms with Gasteiger partial charge in [0.1, 0.15) is 5.75 Å². The van der Waals surface area contributed by atoms with Gasteiger partial charge in [0.05, 0.1) is 46.8 Å². The van der Waals surface area contributed by atoms with Gasteiger partial charge < -0.3 is 19.1 Å². The molecule has 0 spiro atoms. The summed E-state index contributed by atoms with van der Waals surface area (Å²) in [5, 5.41) is 2.22. The Bertz CT molecular complexity index is 2780. The Balaban J connectivity index is 1.23. The van der Waals surface area contributed by atoms with Crippen molar-refractivity contribution < 1.29 is 4.74 Å². The molecule has 0 aliphatic rings. The van der Waals surface area contributed by atoms with Crippen LogP contribution in [0.5, 0.6) is 5.75 Å². The van der Waals surface area contributed by atoms with Crippen LogP contribution in [0.2, 0.25) is 0 Å². The molecular formula is C51H37N5O. The standard InChI is InChI=1S/C51H37N5O/c1-57-51-31-26-36(47-35-52-45-24-14-15-25-46(45)53-47)32-50(51)56-48-29-27-41(54(37-16-6-2-7-17-37)38-18-8-3-9-19-38)33-43(48)44-34-42(28-30-49(44)56)55(39-20-10-4-11-21-39)40-22-12-5-13-23-40/h2-35H,1H3. The van der Waals surface area contributed by atoms with Gasteiger partial charge in [-0.05, 0) is 115 Å². The molecule has 0 aliphatic heterocycles. The lowest BCUT2D eigenvalue weighted by Gasteiger charge is -2.26. The van der Waals surface area contributed by atoms with Gasteiger partial charge in [-0.2, -0.15) is 0 Å². The van der Waals surface area contributed by atoms with E-state index in [0.29, 0.717) is 0 Å². The van der Waals surface area contributed by atoms with E-state index < -0.39 is 0 Å². The van der Waals surface area contributed by atoms with Crippen molar-refractivity contribution >= 4 is 67.0 Å². The van der Waals surface area contributed by atoms with Crippen LogP contribution in [0.1, 0.15) is 0 Å². The summed E-state index contributed by atoms with van der Waals surface area (Å²) >= 11 is 0. The van der Waals surface area contributed by atoms with Crippen LogP contribution in [0.15, 0.2) is 206 Å². The lowest BCUT2D eigenvalue weighted by molar-refractivity contribution is 0.413. The topological polar surface area (TPSA) is 46.4 Å². The number of nitrogens with zero attached hydrogens (tertiary/aromatic N) is 5. The van der Waals surface area contributed by atoms with Gasteiger partial charge in [-0.3, -0.25) is 4.98 Å². The predicted octanol–water partition coefficient (Wildman–Crippen LogP) is 13.3. The van der Waals surface area contributed by atoms with E-state index in [1.807, 2.05) is 36.5 Å². The Morgan fingerprint density at radius 2 is 0.895 bits per heavy atom. The molecule has 2 aromatic heterocycles. The van der Waals surface area contributed by atoms with E-state index in [2.05, 4.69) is 184 Å². The number of methoxy groups -OCH3 is 1. The molecule has 272 valence electrons. The van der Waals surface area contributed by atoms with Crippen LogP contribution in [0.3, 0.4) is 0 Å². The Labute approximate surface area is 331 Å². The minimum absolute atomic E-state index is 0.754. The van der Waals surface area contributed by atoms with Crippen molar-refractivity contribution in [2.75, 3.05) is 16.9 Å². The monoisotopic (exact) mass is 735 g/mol. The first kappa shape index (κ1) is 33.8. The lowest BCUT2D eigenvalue weighted by atomic mass is 10.1. The van der Waals surface area contributed by atoms with Gasteiger partial charge in [-0.1, -0.05) is 84.9 Å². The number of para-hydroxylation sites is 6. The highest BCUT2D eigenvalue weighted by Crippen LogP contribution is 2.44. The zero-order chi connectivity index (χ0) is 38.1. The molecule has 0 aliphatic carbocycles. The third kappa shape index (κ3) is 6.19. The Morgan fingerprint density at radius 1 is 0.439 bits per heavy atom. The van der Waals surface area contributed by atoms with Crippen molar-refractivity contribution in [1.82, 2.24) is 14.5 Å². The fraction of sp³-hybridized carbons (Fsp3) is 0.0196. The summed E-state index contributed by atoms with van der Waals surface area (Å²) in [6.45, 7) is 0. The molecule has 8 aromatic carbocycles. The van der Waals surface area contributed by atoms with E-state index in [0.717, 1.165) is 89.7 Å². The molecule has 10 aromatic rings. The summed E-state index contributed by atoms with van der Waals surface area (Å²) < 4.78 is 8.43. The molecule has 57 heavy (non-hydrogen) atoms. The normalized spacial score (nSPS) is 11.2. The number of anilines is 6. The largest absolute Gasteiger partial charge is 0.495 e. The van der Waals surface area contributed by atoms with Gasteiger partial charge in [0, 0.05) is 50.5 Å². The summed E-state index contributed by atoms with van der Waals surface area (Å²) in [4.78, 5) is 14.4. The van der Waals surface area contributed by atoms with Crippen molar-refractivity contribution in [1.29, 1.82) is 0 Å². The second-order valence-corrected chi connectivity index (χ2v) is 13.9. The predicted molar refractivity (Wildman–Crippen MR) is 235 cm³/mol. The SMILES string of the molecule is COc1ccc(-c2cnc3ccccc3n2)cc1-n1c2ccc(N(c3ccccc3)c3ccccc3)cc2c2cc(N(c3ccccc3)c3ccccc3)ccc21. The molecule has 0 radical (unpaired) electrons. The van der Waals surface area contributed by atoms with Gasteiger partial charge in [-0.25, -0.2) is 4.98 Å². The molecule has 0 saturated carbocycles. The zero-order valence-electron chi connectivity index (χ0n) is 31.3. The molecule has 10 rings (SSSR count). The fourth-order valence-electron chi connectivity index (χ4n) is 7.86. The molecule has 2 heterocycles. The van der Waals surface area contributed by atoms with Crippen molar-refractivity contribution in [3.8, 4) is 22.7 Å². The molecule has 0 amide bonds. The van der Waals surface area contributed by atoms with Gasteiger partial charge in [0.15, 0.2) is 0 Å². The highest BCUT2D eigenvalue weighted by atomic mass is 16.5. The van der Waals surface area contributed by atoms with Crippen molar-refractivity contribution in [2.24, 2.45) is 0 Å². The summed E-state index contributed by atoms with van der Waals surface area (Å²) in [6.07, 6.45) is 1.85. The smallest absolute Gasteiger partial charge is 0.142 e. The minimum Gasteiger partial charge on any atom is -0.495 e. The highest BCUT2D eigenvalue weighted by molar-refractivity contribution is 6.12. The summed E-state index contributed by atoms with van der Waals surface area (Å²) in [7, 11) is 1.73. The fourth-order valence-corrected chi connectivity index (χ4v) is 7.86. The molecule has 6 nitrogen and oxygen atoms in total. The molecule has 0 saturated heterocycles. The van der Waals surface area contributed by atoms with Crippen LogP contribution in [0, 0.1) is 0 Å². The van der Waals surface area contributed by atoms with Crippen LogP contribution < -0.4 is 14.5 Å². The van der Waals surface area contributed by atoms with Crippen molar-refractivity contribution in [2.45, 2.75) is 0 Å². The molecule has 0 bridgehead atoms. The van der Waals surface area contributed by atoms with Gasteiger partial charge in [-0.15, -0.1) is 0 Å². The average molecular weight is 736 g/mol. The van der Waals surface area contributed by atoms with Crippen LogP contribution >= 0.6 is 0 Å². The van der Waals surface area contributed by atoms with Crippen LogP contribution in [0.25, 0.3) is 49.8 Å². The number of fused-ring (bicyclic) bond motifs is 4. The van der Waals surface area contributed by atoms with Crippen molar-refractivity contribution in [3.05, 3.63) is 206 Å². The second kappa shape index (κ2) is 14.5. The van der Waals surface area contributed by atoms with E-state index in [-0.39, 0.29) is 0 Å². The highest BCUT2D eigenvalue weighted by Gasteiger charge is 2.22. The third-order valence-corrected chi connectivity index (χ3v) is 10.5. The van der Waals surface area contributed by atoms with Gasteiger partial charge in [0.25, 0.3) is 0 Å². The van der Waals surface area contributed by atoms with Gasteiger partial charge in [0.2, 0.25) is 0 Å². The average Bonchev–Trinajstić information content (AvgIpc) is 3.60. The maximum absolute atomic E-state index is 6.11. The zero-order valence-corrected chi connectivity index (χ0v) is 31.3. The van der Waals surface area contributed by atoms with E-state index in [1.54, 1.807) is 7.11 Å². The molecule has 6 heteroatoms. The summed E-state index contributed by atoms with van der Waals surface area (Å²) in [6, 6.07) is 69.9. The Kier molecular flexibility index (Phi) is 8.61. The number of rotatable bonds is 9. The van der Waals surface area contributed by atoms with Crippen molar-refractivity contribution in [3.63, 3.8) is 0 Å². The summed E-state index contributed by atoms with van der Waals surface area (Å²) in [5.41, 5.74) is 12.9. The van der Waals surface area contributed by atoms with E-state index in [1.165, 1.54) is 0 Å².